The summed E-state index contributed by atoms with van der Waals surface area (Å²) in [6, 6.07) is 48.5. The van der Waals surface area contributed by atoms with Crippen LogP contribution in [0.4, 0.5) is 49.7 Å². The van der Waals surface area contributed by atoms with E-state index in [1.54, 1.807) is 82.4 Å². The maximum absolute atomic E-state index is 15.1. The molecule has 0 radical (unpaired) electrons. The number of hydrogen-bond acceptors (Lipinski definition) is 24. The van der Waals surface area contributed by atoms with E-state index in [1.165, 1.54) is 105 Å². The summed E-state index contributed by atoms with van der Waals surface area (Å²) in [5, 5.41) is 6.49. The number of fused-ring (bicyclic) bond motifs is 3. The predicted octanol–water partition coefficient (Wildman–Crippen LogP) is 22.6. The smallest absolute Gasteiger partial charge is 0.412 e. The highest BCUT2D eigenvalue weighted by Gasteiger charge is 2.52. The molecule has 143 heavy (non-hydrogen) atoms. The third-order valence-electron chi connectivity index (χ3n) is 22.8. The van der Waals surface area contributed by atoms with E-state index in [4.69, 9.17) is 67.2 Å². The van der Waals surface area contributed by atoms with Crippen LogP contribution in [-0.2, 0) is 44.9 Å². The highest BCUT2D eigenvalue weighted by molar-refractivity contribution is 9.10. The standard InChI is InChI=1S/C29H31ClFN5O2S.C20H13ClF2N4O2S.C14H16BFN2O2.C12H9BrClFN2O2S.C8H18N2.C6H6BrFN2.C6H5ClS.3CH4.ClH.2H2O/c1-18-23(15-25(31)27(33-18)17-39(37,38)28-7-5-4-6-24(28)30)19-8-13-26-20(14-19)16-32-29(35-26)34-21-9-11-22(12-10-21)36(2)3;1-11-14(12-6-7-17-13(8-12)10-24-20(23)26-17)9-16(22)19(25-11)27-30(28,29)18-5-3-2-4-15(18)21;1-13(2)14(3,4)20-15(19-13)10-5-6-11-9(7-10)8-17-12(16)18-11;1-7-8(13)6-10(15)12(16-7)17-20(18,19)11-5-3-2-4-9(11)14;1-10(2)8-5-3-7(9)4-6-8;1-3-4(7)2-5(8)6(9)10-3;7-5-3-1-2-4-6(5)8;;;;;;/h4-8,13-16,21-22H,9-12,17H2,1-3H3,(H,32,34,35);2-10H,1H3,(H,25,27);5-8H,1-4H3;2-6H,1H3,(H,16,17);7-8H,3-6,9H2,1-2H3;2H,1H3,(H2,9,10);1-4,8H;3*1H4;1H;2*1H2. The Morgan fingerprint density at radius 3 is 1.30 bits per heavy atom. The minimum absolute atomic E-state index is 0. The molecule has 17 rings (SSSR count). The van der Waals surface area contributed by atoms with Gasteiger partial charge in [-0.05, 0) is 287 Å². The van der Waals surface area contributed by atoms with Gasteiger partial charge in [-0.25, -0.2) is 87.7 Å². The van der Waals surface area contributed by atoms with Crippen LogP contribution in [0.15, 0.2) is 223 Å². The topological polar surface area (TPSA) is 407 Å². The summed E-state index contributed by atoms with van der Waals surface area (Å²) < 4.78 is 175. The molecule has 27 nitrogen and oxygen atoms in total. The molecule has 8 heterocycles. The van der Waals surface area contributed by atoms with E-state index >= 15 is 4.39 Å². The van der Waals surface area contributed by atoms with Gasteiger partial charge in [-0.3, -0.25) is 14.4 Å². The number of halogens is 13. The molecule has 0 amide bonds. The Morgan fingerprint density at radius 2 is 0.853 bits per heavy atom. The molecule has 2 saturated carbocycles. The molecule has 7 aromatic carbocycles. The van der Waals surface area contributed by atoms with Gasteiger partial charge < -0.3 is 46.8 Å². The Labute approximate surface area is 880 Å². The maximum atomic E-state index is 15.1. The number of sulfonamides is 2. The first kappa shape index (κ1) is 124. The Kier molecular flexibility index (Phi) is 46.9. The molecule has 14 aromatic rings. The lowest BCUT2D eigenvalue weighted by Crippen LogP contribution is -2.41. The molecule has 2 aliphatic carbocycles. The van der Waals surface area contributed by atoms with Gasteiger partial charge in [0, 0.05) is 95.3 Å². The summed E-state index contributed by atoms with van der Waals surface area (Å²) in [5.74, 6) is -3.66. The van der Waals surface area contributed by atoms with E-state index in [0.29, 0.717) is 93.9 Å². The summed E-state index contributed by atoms with van der Waals surface area (Å²) in [7, 11) is -3.86. The number of nitrogens with zero attached hydrogens (tertiary/aromatic N) is 12. The van der Waals surface area contributed by atoms with E-state index in [1.807, 2.05) is 82.3 Å². The summed E-state index contributed by atoms with van der Waals surface area (Å²) in [6.07, 6.45) is 12.4. The molecule has 0 unspecified atom stereocenters. The zero-order chi connectivity index (χ0) is 99.9. The average molecular weight is 2280 g/mol. The molecule has 1 aliphatic heterocycles. The van der Waals surface area contributed by atoms with Crippen LogP contribution in [0.5, 0.6) is 0 Å². The molecule has 0 bridgehead atoms. The normalized spacial score (nSPS) is 15.5. The number of pyridine rings is 4. The van der Waals surface area contributed by atoms with E-state index in [2.05, 4.69) is 147 Å². The molecule has 1 saturated heterocycles. The van der Waals surface area contributed by atoms with Crippen LogP contribution in [0.25, 0.3) is 55.0 Å². The Bertz CT molecular complexity index is 7010. The largest absolute Gasteiger partial charge is 0.494 e. The van der Waals surface area contributed by atoms with Crippen molar-refractivity contribution in [3.8, 4) is 22.3 Å². The fourth-order valence-corrected chi connectivity index (χ4v) is 20.2. The number of rotatable bonds is 16. The molecule has 11 N–H and O–H groups in total. The molecule has 3 fully saturated rings. The van der Waals surface area contributed by atoms with E-state index < -0.39 is 84.0 Å². The summed E-state index contributed by atoms with van der Waals surface area (Å²) in [5.41, 5.74) is 17.1. The molecular weight excluding hydrogens is 2170 g/mol. The highest BCUT2D eigenvalue weighted by Crippen LogP contribution is 2.39. The number of anilines is 4. The number of thiol groups is 1. The van der Waals surface area contributed by atoms with Crippen LogP contribution in [-0.4, -0.2) is 167 Å². The number of benzene rings is 7. The first-order valence-corrected chi connectivity index (χ1v) is 50.7. The van der Waals surface area contributed by atoms with Crippen LogP contribution in [0.2, 0.25) is 20.1 Å². The lowest BCUT2D eigenvalue weighted by Gasteiger charge is -2.32. The highest BCUT2D eigenvalue weighted by atomic mass is 79.9. The average Bonchev–Trinajstić information content (AvgIpc) is 1.62. The van der Waals surface area contributed by atoms with Crippen molar-refractivity contribution in [2.24, 2.45) is 5.73 Å². The molecule has 770 valence electrons. The summed E-state index contributed by atoms with van der Waals surface area (Å²) >= 11 is 33.8. The molecule has 45 heteroatoms. The number of nitrogen functional groups attached to an aromatic ring is 1. The minimum atomic E-state index is -4.13. The van der Waals surface area contributed by atoms with Crippen molar-refractivity contribution < 1.29 is 71.9 Å². The van der Waals surface area contributed by atoms with Gasteiger partial charge in [-0.2, -0.15) is 8.78 Å². The van der Waals surface area contributed by atoms with Crippen LogP contribution in [0.3, 0.4) is 0 Å². The van der Waals surface area contributed by atoms with E-state index in [-0.39, 0.29) is 104 Å². The lowest BCUT2D eigenvalue weighted by atomic mass is 9.78. The van der Waals surface area contributed by atoms with Crippen LogP contribution in [0.1, 0.15) is 130 Å². The van der Waals surface area contributed by atoms with Crippen molar-refractivity contribution in [3.63, 3.8) is 0 Å². The number of hydrogen-bond donors (Lipinski definition) is 6. The first-order valence-electron chi connectivity index (χ1n) is 42.6. The second-order valence-electron chi connectivity index (χ2n) is 33.6. The Hall–Kier alpha value is -9.67. The second kappa shape index (κ2) is 54.1. The van der Waals surface area contributed by atoms with Gasteiger partial charge in [0.1, 0.15) is 21.4 Å². The van der Waals surface area contributed by atoms with Gasteiger partial charge in [-0.15, -0.1) is 25.0 Å². The van der Waals surface area contributed by atoms with Gasteiger partial charge >= 0.3 is 19.3 Å². The molecule has 7 aromatic heterocycles. The third kappa shape index (κ3) is 33.2. The maximum Gasteiger partial charge on any atom is 0.494 e. The zero-order valence-corrected chi connectivity index (χ0v) is 88.0. The van der Waals surface area contributed by atoms with Crippen LogP contribution in [0, 0.1) is 63.1 Å². The van der Waals surface area contributed by atoms with Crippen molar-refractivity contribution in [2.75, 3.05) is 48.7 Å². The lowest BCUT2D eigenvalue weighted by molar-refractivity contribution is 0.00578. The fraction of sp³-hybridized carbons (Fsp3) is 0.306. The van der Waals surface area contributed by atoms with Gasteiger partial charge in [0.25, 0.3) is 20.0 Å². The minimum Gasteiger partial charge on any atom is -0.412 e. The Morgan fingerprint density at radius 1 is 0.469 bits per heavy atom. The number of nitrogens with one attached hydrogen (secondary N) is 3. The predicted molar refractivity (Wildman–Crippen MR) is 575 cm³/mol. The fourth-order valence-electron chi connectivity index (χ4n) is 14.4. The van der Waals surface area contributed by atoms with Crippen molar-refractivity contribution in [2.45, 2.75) is 190 Å². The molecule has 0 spiro atoms. The van der Waals surface area contributed by atoms with Gasteiger partial charge in [0.2, 0.25) is 5.95 Å². The van der Waals surface area contributed by atoms with Crippen molar-refractivity contribution >= 4 is 202 Å². The third-order valence-corrected chi connectivity index (χ3v) is 31.0. The Balaban J connectivity index is 0.000000310. The number of nitrogens with two attached hydrogens (primary N) is 2. The van der Waals surface area contributed by atoms with Crippen LogP contribution >= 0.6 is 103 Å². The van der Waals surface area contributed by atoms with Gasteiger partial charge in [0.05, 0.1) is 69.8 Å². The number of aryl methyl sites for hydroxylation is 4. The molecule has 0 atom stereocenters. The quantitative estimate of drug-likeness (QED) is 0.0226. The van der Waals surface area contributed by atoms with Crippen molar-refractivity contribution in [1.29, 1.82) is 0 Å². The SMILES string of the molecule is C.C.C.CC1(C)OB(c2ccc3nc(F)ncc3c2)OC1(C)C.CN(C)C1CCC(N)CC1.Cc1nc(CS(=O)(=O)c2ccccc2Cl)c(F)cc1-c1ccc2nc(NC3CCC(N(C)C)CC3)ncc2c1.Cc1nc(N)c(F)cc1Br.Cc1nc(NS(=O)(=O)c2ccccc2Cl)c(F)cc1-c1ccc2nc(F)ncc2c1.Cc1nc(NS(=O)(=O)c2ccccc2Cl)c(F)cc1Br.Cl.O.O.Sc1ccccc1Cl. The zero-order valence-electron chi connectivity index (χ0n) is 77.6. The number of sulfone groups is 1. The van der Waals surface area contributed by atoms with Crippen molar-refractivity contribution in [1.82, 2.24) is 59.6 Å². The monoisotopic (exact) mass is 2280 g/mol. The van der Waals surface area contributed by atoms with E-state index in [9.17, 15) is 47.2 Å². The van der Waals surface area contributed by atoms with Crippen molar-refractivity contribution in [3.05, 3.63) is 287 Å². The van der Waals surface area contributed by atoms with Gasteiger partial charge in [0.15, 0.2) is 44.7 Å². The van der Waals surface area contributed by atoms with E-state index in [0.717, 1.165) is 70.0 Å². The van der Waals surface area contributed by atoms with Gasteiger partial charge in [-0.1, -0.05) is 141 Å². The number of aromatic nitrogens is 10. The molecule has 3 aliphatic rings. The molecular formula is C98H115BBr2Cl5F6N17O10S4. The first-order chi connectivity index (χ1) is 64.5. The van der Waals surface area contributed by atoms with Crippen LogP contribution < -0.4 is 31.7 Å². The summed E-state index contributed by atoms with van der Waals surface area (Å²) in [6.45, 7) is 14.8. The summed E-state index contributed by atoms with van der Waals surface area (Å²) in [4.78, 5) is 44.8. The second-order valence-corrected chi connectivity index (χ2v) is 42.7.